The first kappa shape index (κ1) is 12.2. The highest BCUT2D eigenvalue weighted by atomic mass is 16.5. The first-order valence-corrected chi connectivity index (χ1v) is 5.19. The van der Waals surface area contributed by atoms with Gasteiger partial charge in [0.1, 0.15) is 0 Å². The van der Waals surface area contributed by atoms with Gasteiger partial charge in [0.15, 0.2) is 0 Å². The van der Waals surface area contributed by atoms with Gasteiger partial charge in [-0.1, -0.05) is 30.3 Å². The van der Waals surface area contributed by atoms with Crippen LogP contribution in [0.15, 0.2) is 30.3 Å². The molecule has 0 saturated heterocycles. The van der Waals surface area contributed by atoms with Crippen molar-refractivity contribution in [1.29, 1.82) is 0 Å². The zero-order valence-corrected chi connectivity index (χ0v) is 9.31. The van der Waals surface area contributed by atoms with Crippen molar-refractivity contribution in [3.63, 3.8) is 0 Å². The molecule has 1 aromatic carbocycles. The smallest absolute Gasteiger partial charge is 0.0897 e. The van der Waals surface area contributed by atoms with Crippen molar-refractivity contribution >= 4 is 0 Å². The molecule has 0 aliphatic heterocycles. The summed E-state index contributed by atoms with van der Waals surface area (Å²) in [5.41, 5.74) is 1.22. The minimum absolute atomic E-state index is 0.248. The lowest BCUT2D eigenvalue weighted by atomic mass is 10.1. The number of benzene rings is 1. The van der Waals surface area contributed by atoms with E-state index >= 15 is 0 Å². The highest BCUT2D eigenvalue weighted by Gasteiger charge is 2.07. The number of nitrogens with one attached hydrogen (secondary N) is 1. The van der Waals surface area contributed by atoms with Crippen molar-refractivity contribution in [2.24, 2.45) is 0 Å². The third kappa shape index (κ3) is 4.42. The molecule has 1 rings (SSSR count). The summed E-state index contributed by atoms with van der Waals surface area (Å²) in [7, 11) is 1.59. The number of methoxy groups -OCH3 is 1. The lowest BCUT2D eigenvalue weighted by molar-refractivity contribution is 0.0630. The Balaban J connectivity index is 2.33. The average molecular weight is 209 g/mol. The van der Waals surface area contributed by atoms with Crippen LogP contribution in [-0.4, -0.2) is 31.5 Å². The summed E-state index contributed by atoms with van der Waals surface area (Å²) in [4.78, 5) is 0. The molecule has 2 atom stereocenters. The van der Waals surface area contributed by atoms with E-state index in [1.807, 2.05) is 18.2 Å². The molecule has 0 saturated carbocycles. The van der Waals surface area contributed by atoms with Crippen LogP contribution in [0.2, 0.25) is 0 Å². The maximum atomic E-state index is 9.46. The summed E-state index contributed by atoms with van der Waals surface area (Å²) in [6.07, 6.45) is -0.443. The van der Waals surface area contributed by atoms with Crippen LogP contribution in [0.5, 0.6) is 0 Å². The van der Waals surface area contributed by atoms with Crippen LogP contribution < -0.4 is 5.32 Å². The summed E-state index contributed by atoms with van der Waals surface area (Å²) in [6, 6.07) is 10.4. The van der Waals surface area contributed by atoms with Gasteiger partial charge in [-0.15, -0.1) is 0 Å². The van der Waals surface area contributed by atoms with Gasteiger partial charge in [0.2, 0.25) is 0 Å². The molecular formula is C12H19NO2. The van der Waals surface area contributed by atoms with E-state index < -0.39 is 6.10 Å². The first-order chi connectivity index (χ1) is 7.24. The van der Waals surface area contributed by atoms with E-state index in [9.17, 15) is 5.11 Å². The third-order valence-corrected chi connectivity index (χ3v) is 2.32. The molecule has 15 heavy (non-hydrogen) atoms. The number of hydrogen-bond acceptors (Lipinski definition) is 3. The minimum Gasteiger partial charge on any atom is -0.389 e. The van der Waals surface area contributed by atoms with Crippen molar-refractivity contribution < 1.29 is 9.84 Å². The van der Waals surface area contributed by atoms with Gasteiger partial charge in [0.25, 0.3) is 0 Å². The van der Waals surface area contributed by atoms with E-state index in [1.165, 1.54) is 5.56 Å². The molecule has 2 N–H and O–H groups in total. The fourth-order valence-corrected chi connectivity index (χ4v) is 1.42. The molecule has 0 fully saturated rings. The Morgan fingerprint density at radius 1 is 1.33 bits per heavy atom. The molecule has 0 amide bonds. The molecule has 0 aliphatic carbocycles. The molecule has 1 aromatic rings. The van der Waals surface area contributed by atoms with Crippen LogP contribution in [0.3, 0.4) is 0 Å². The summed E-state index contributed by atoms with van der Waals surface area (Å²) in [5, 5.41) is 12.7. The van der Waals surface area contributed by atoms with Crippen LogP contribution in [0.4, 0.5) is 0 Å². The van der Waals surface area contributed by atoms with Crippen LogP contribution >= 0.6 is 0 Å². The van der Waals surface area contributed by atoms with Gasteiger partial charge in [-0.2, -0.15) is 0 Å². The molecule has 3 heteroatoms. The monoisotopic (exact) mass is 209 g/mol. The molecular weight excluding hydrogens is 190 g/mol. The Bertz CT molecular complexity index is 264. The van der Waals surface area contributed by atoms with Gasteiger partial charge in [-0.25, -0.2) is 0 Å². The summed E-state index contributed by atoms with van der Waals surface area (Å²) < 4.78 is 4.85. The molecule has 84 valence electrons. The van der Waals surface area contributed by atoms with E-state index in [1.54, 1.807) is 7.11 Å². The van der Waals surface area contributed by atoms with Crippen molar-refractivity contribution in [3.8, 4) is 0 Å². The lowest BCUT2D eigenvalue weighted by Gasteiger charge is -2.16. The standard InChI is InChI=1S/C12H19NO2/c1-10(11-6-4-3-5-7-11)13-8-12(14)9-15-2/h3-7,10,12-14H,8-9H2,1-2H3. The number of ether oxygens (including phenoxy) is 1. The van der Waals surface area contributed by atoms with Gasteiger partial charge >= 0.3 is 0 Å². The van der Waals surface area contributed by atoms with Gasteiger partial charge in [0.05, 0.1) is 12.7 Å². The van der Waals surface area contributed by atoms with E-state index in [2.05, 4.69) is 24.4 Å². The fourth-order valence-electron chi connectivity index (χ4n) is 1.42. The second kappa shape index (κ2) is 6.56. The predicted molar refractivity (Wildman–Crippen MR) is 60.7 cm³/mol. The summed E-state index contributed by atoms with van der Waals surface area (Å²) in [6.45, 7) is 2.99. The quantitative estimate of drug-likeness (QED) is 0.743. The van der Waals surface area contributed by atoms with Crippen LogP contribution in [0, 0.1) is 0 Å². The van der Waals surface area contributed by atoms with Gasteiger partial charge in [-0.05, 0) is 12.5 Å². The lowest BCUT2D eigenvalue weighted by Crippen LogP contribution is -2.31. The largest absolute Gasteiger partial charge is 0.389 e. The van der Waals surface area contributed by atoms with E-state index in [0.717, 1.165) is 0 Å². The molecule has 0 spiro atoms. The molecule has 0 heterocycles. The Morgan fingerprint density at radius 3 is 2.60 bits per heavy atom. The van der Waals surface area contributed by atoms with Crippen molar-refractivity contribution in [1.82, 2.24) is 5.32 Å². The zero-order chi connectivity index (χ0) is 11.1. The SMILES string of the molecule is COCC(O)CNC(C)c1ccccc1. The van der Waals surface area contributed by atoms with Crippen molar-refractivity contribution in [3.05, 3.63) is 35.9 Å². The molecule has 0 aliphatic rings. The molecule has 0 aromatic heterocycles. The van der Waals surface area contributed by atoms with Crippen molar-refractivity contribution in [2.45, 2.75) is 19.1 Å². The van der Waals surface area contributed by atoms with E-state index in [4.69, 9.17) is 4.74 Å². The Hall–Kier alpha value is -0.900. The normalized spacial score (nSPS) is 14.9. The number of hydrogen-bond donors (Lipinski definition) is 2. The molecule has 2 unspecified atom stereocenters. The van der Waals surface area contributed by atoms with Gasteiger partial charge < -0.3 is 15.2 Å². The highest BCUT2D eigenvalue weighted by molar-refractivity contribution is 5.17. The third-order valence-electron chi connectivity index (χ3n) is 2.32. The second-order valence-electron chi connectivity index (χ2n) is 3.65. The van der Waals surface area contributed by atoms with E-state index in [0.29, 0.717) is 13.2 Å². The molecule has 0 bridgehead atoms. The Morgan fingerprint density at radius 2 is 2.00 bits per heavy atom. The molecule has 0 radical (unpaired) electrons. The Labute approximate surface area is 91.1 Å². The Kier molecular flexibility index (Phi) is 5.32. The van der Waals surface area contributed by atoms with Crippen LogP contribution in [-0.2, 0) is 4.74 Å². The van der Waals surface area contributed by atoms with Crippen molar-refractivity contribution in [2.75, 3.05) is 20.3 Å². The fraction of sp³-hybridized carbons (Fsp3) is 0.500. The summed E-state index contributed by atoms with van der Waals surface area (Å²) >= 11 is 0. The van der Waals surface area contributed by atoms with Gasteiger partial charge in [-0.3, -0.25) is 0 Å². The topological polar surface area (TPSA) is 41.5 Å². The number of rotatable bonds is 6. The predicted octanol–water partition coefficient (Wildman–Crippen LogP) is 1.34. The van der Waals surface area contributed by atoms with Gasteiger partial charge in [0, 0.05) is 19.7 Å². The summed E-state index contributed by atoms with van der Waals surface area (Å²) in [5.74, 6) is 0. The number of aliphatic hydroxyl groups excluding tert-OH is 1. The maximum absolute atomic E-state index is 9.46. The first-order valence-electron chi connectivity index (χ1n) is 5.19. The molecule has 3 nitrogen and oxygen atoms in total. The maximum Gasteiger partial charge on any atom is 0.0897 e. The highest BCUT2D eigenvalue weighted by Crippen LogP contribution is 2.10. The second-order valence-corrected chi connectivity index (χ2v) is 3.65. The van der Waals surface area contributed by atoms with E-state index in [-0.39, 0.29) is 6.04 Å². The average Bonchev–Trinajstić information content (AvgIpc) is 2.27. The zero-order valence-electron chi connectivity index (χ0n) is 9.31. The minimum atomic E-state index is -0.443. The van der Waals surface area contributed by atoms with Crippen LogP contribution in [0.25, 0.3) is 0 Å². The number of aliphatic hydroxyl groups is 1. The van der Waals surface area contributed by atoms with Crippen LogP contribution in [0.1, 0.15) is 18.5 Å².